The molecule has 0 saturated carbocycles. The molecule has 21 heavy (non-hydrogen) atoms. The smallest absolute Gasteiger partial charge is 0.222 e. The third-order valence-electron chi connectivity index (χ3n) is 3.39. The minimum atomic E-state index is 0.0806. The van der Waals surface area contributed by atoms with Crippen molar-refractivity contribution in [3.8, 4) is 0 Å². The van der Waals surface area contributed by atoms with Gasteiger partial charge in [0.15, 0.2) is 0 Å². The van der Waals surface area contributed by atoms with Crippen LogP contribution in [0.3, 0.4) is 0 Å². The second kappa shape index (κ2) is 8.17. The van der Waals surface area contributed by atoms with E-state index in [1.54, 1.807) is 0 Å². The molecule has 1 aromatic rings. The van der Waals surface area contributed by atoms with E-state index < -0.39 is 0 Å². The fraction of sp³-hybridized carbons (Fsp3) is 0.750. The molecule has 0 aliphatic carbocycles. The highest BCUT2D eigenvalue weighted by atomic mass is 16.1. The summed E-state index contributed by atoms with van der Waals surface area (Å²) in [5.74, 6) is 0.720. The molecule has 0 radical (unpaired) electrons. The summed E-state index contributed by atoms with van der Waals surface area (Å²) in [5.41, 5.74) is 3.45. The van der Waals surface area contributed by atoms with Crippen molar-refractivity contribution in [2.45, 2.75) is 67.1 Å². The number of hydrogen-bond donors (Lipinski definition) is 2. The highest BCUT2D eigenvalue weighted by Gasteiger charge is 2.12. The van der Waals surface area contributed by atoms with Crippen LogP contribution in [0.25, 0.3) is 0 Å². The Hall–Kier alpha value is -1.36. The maximum atomic E-state index is 11.7. The Morgan fingerprint density at radius 1 is 1.24 bits per heavy atom. The maximum absolute atomic E-state index is 11.7. The molecule has 5 nitrogen and oxygen atoms in total. The van der Waals surface area contributed by atoms with Crippen molar-refractivity contribution in [1.82, 2.24) is 20.4 Å². The largest absolute Gasteiger partial charge is 0.354 e. The van der Waals surface area contributed by atoms with E-state index in [1.807, 2.05) is 25.5 Å². The molecule has 0 aliphatic rings. The SMILES string of the molecule is Cc1nn(CCC(=O)NC(C)C)c(C)c1CNCC(C)C. The van der Waals surface area contributed by atoms with Crippen LogP contribution in [0.1, 0.15) is 51.1 Å². The summed E-state index contributed by atoms with van der Waals surface area (Å²) in [6, 6.07) is 0.189. The summed E-state index contributed by atoms with van der Waals surface area (Å²) >= 11 is 0. The van der Waals surface area contributed by atoms with E-state index in [9.17, 15) is 4.79 Å². The van der Waals surface area contributed by atoms with Gasteiger partial charge in [0.05, 0.1) is 5.69 Å². The summed E-state index contributed by atoms with van der Waals surface area (Å²) in [6.07, 6.45) is 0.471. The van der Waals surface area contributed by atoms with Crippen LogP contribution in [-0.2, 0) is 17.9 Å². The Morgan fingerprint density at radius 2 is 1.90 bits per heavy atom. The first-order valence-electron chi connectivity index (χ1n) is 7.84. The van der Waals surface area contributed by atoms with Gasteiger partial charge in [0, 0.05) is 36.8 Å². The zero-order valence-corrected chi connectivity index (χ0v) is 14.3. The topological polar surface area (TPSA) is 59.0 Å². The highest BCUT2D eigenvalue weighted by Crippen LogP contribution is 2.13. The first kappa shape index (κ1) is 17.7. The van der Waals surface area contributed by atoms with Gasteiger partial charge in [0.1, 0.15) is 0 Å². The third-order valence-corrected chi connectivity index (χ3v) is 3.39. The van der Waals surface area contributed by atoms with Crippen molar-refractivity contribution < 1.29 is 4.79 Å². The Kier molecular flexibility index (Phi) is 6.89. The second-order valence-electron chi connectivity index (χ2n) is 6.37. The Balaban J connectivity index is 2.58. The number of aromatic nitrogens is 2. The van der Waals surface area contributed by atoms with Gasteiger partial charge in [0.25, 0.3) is 0 Å². The Bertz CT molecular complexity index is 463. The van der Waals surface area contributed by atoms with Crippen molar-refractivity contribution in [3.63, 3.8) is 0 Å². The predicted octanol–water partition coefficient (Wildman–Crippen LogP) is 2.16. The van der Waals surface area contributed by atoms with E-state index in [0.29, 0.717) is 18.9 Å². The second-order valence-corrected chi connectivity index (χ2v) is 6.37. The molecule has 0 atom stereocenters. The molecular weight excluding hydrogens is 264 g/mol. The Labute approximate surface area is 128 Å². The van der Waals surface area contributed by atoms with Crippen LogP contribution in [0, 0.1) is 19.8 Å². The first-order chi connectivity index (χ1) is 9.81. The van der Waals surface area contributed by atoms with Crippen molar-refractivity contribution in [2.24, 2.45) is 5.92 Å². The summed E-state index contributed by atoms with van der Waals surface area (Å²) in [4.78, 5) is 11.7. The van der Waals surface area contributed by atoms with Gasteiger partial charge in [0.2, 0.25) is 5.91 Å². The van der Waals surface area contributed by atoms with Gasteiger partial charge in [-0.25, -0.2) is 0 Å². The van der Waals surface area contributed by atoms with E-state index >= 15 is 0 Å². The summed E-state index contributed by atoms with van der Waals surface area (Å²) in [6.45, 7) is 14.9. The van der Waals surface area contributed by atoms with Crippen LogP contribution in [-0.4, -0.2) is 28.3 Å². The van der Waals surface area contributed by atoms with Crippen molar-refractivity contribution in [2.75, 3.05) is 6.54 Å². The lowest BCUT2D eigenvalue weighted by Gasteiger charge is -2.10. The van der Waals surface area contributed by atoms with E-state index in [1.165, 1.54) is 5.56 Å². The molecule has 0 aliphatic heterocycles. The lowest BCUT2D eigenvalue weighted by atomic mass is 10.1. The molecular formula is C16H30N4O. The van der Waals surface area contributed by atoms with Gasteiger partial charge in [-0.1, -0.05) is 13.8 Å². The molecule has 1 amide bonds. The predicted molar refractivity (Wildman–Crippen MR) is 86.1 cm³/mol. The summed E-state index contributed by atoms with van der Waals surface area (Å²) in [7, 11) is 0. The zero-order chi connectivity index (χ0) is 16.0. The molecule has 0 aromatic carbocycles. The summed E-state index contributed by atoms with van der Waals surface area (Å²) < 4.78 is 1.95. The molecule has 2 N–H and O–H groups in total. The molecule has 0 fully saturated rings. The molecule has 0 saturated heterocycles. The van der Waals surface area contributed by atoms with E-state index in [-0.39, 0.29) is 11.9 Å². The van der Waals surface area contributed by atoms with Crippen LogP contribution in [0.4, 0.5) is 0 Å². The number of carbonyl (C=O) groups is 1. The highest BCUT2D eigenvalue weighted by molar-refractivity contribution is 5.76. The molecule has 0 unspecified atom stereocenters. The van der Waals surface area contributed by atoms with E-state index in [2.05, 4.69) is 36.5 Å². The summed E-state index contributed by atoms with van der Waals surface area (Å²) in [5, 5.41) is 10.9. The van der Waals surface area contributed by atoms with Crippen LogP contribution in [0.5, 0.6) is 0 Å². The zero-order valence-electron chi connectivity index (χ0n) is 14.3. The lowest BCUT2D eigenvalue weighted by molar-refractivity contribution is -0.121. The average molecular weight is 294 g/mol. The molecule has 1 heterocycles. The van der Waals surface area contributed by atoms with Gasteiger partial charge in [-0.05, 0) is 40.2 Å². The van der Waals surface area contributed by atoms with Crippen molar-refractivity contribution >= 4 is 5.91 Å². The number of nitrogens with zero attached hydrogens (tertiary/aromatic N) is 2. The number of rotatable bonds is 8. The van der Waals surface area contributed by atoms with Crippen LogP contribution >= 0.6 is 0 Å². The maximum Gasteiger partial charge on any atom is 0.222 e. The minimum Gasteiger partial charge on any atom is -0.354 e. The van der Waals surface area contributed by atoms with Crippen LogP contribution in [0.2, 0.25) is 0 Å². The molecule has 0 bridgehead atoms. The number of hydrogen-bond acceptors (Lipinski definition) is 3. The number of amides is 1. The minimum absolute atomic E-state index is 0.0806. The van der Waals surface area contributed by atoms with Gasteiger partial charge in [-0.3, -0.25) is 9.48 Å². The molecule has 5 heteroatoms. The Morgan fingerprint density at radius 3 is 2.48 bits per heavy atom. The molecule has 120 valence electrons. The fourth-order valence-corrected chi connectivity index (χ4v) is 2.29. The monoisotopic (exact) mass is 294 g/mol. The standard InChI is InChI=1S/C16H30N4O/c1-11(2)9-17-10-15-13(5)19-20(14(15)6)8-7-16(21)18-12(3)4/h11-12,17H,7-10H2,1-6H3,(H,18,21). The molecule has 0 spiro atoms. The molecule has 1 aromatic heterocycles. The third kappa shape index (κ3) is 5.87. The first-order valence-corrected chi connectivity index (χ1v) is 7.84. The quantitative estimate of drug-likeness (QED) is 0.772. The van der Waals surface area contributed by atoms with E-state index in [4.69, 9.17) is 0 Å². The normalized spacial score (nSPS) is 11.4. The van der Waals surface area contributed by atoms with Crippen molar-refractivity contribution in [3.05, 3.63) is 17.0 Å². The van der Waals surface area contributed by atoms with Gasteiger partial charge >= 0.3 is 0 Å². The number of carbonyl (C=O) groups excluding carboxylic acids is 1. The van der Waals surface area contributed by atoms with Gasteiger partial charge in [-0.2, -0.15) is 5.10 Å². The molecule has 1 rings (SSSR count). The lowest BCUT2D eigenvalue weighted by Crippen LogP contribution is -2.30. The van der Waals surface area contributed by atoms with Gasteiger partial charge in [-0.15, -0.1) is 0 Å². The number of aryl methyl sites for hydroxylation is 2. The van der Waals surface area contributed by atoms with Crippen LogP contribution in [0.15, 0.2) is 0 Å². The fourth-order valence-electron chi connectivity index (χ4n) is 2.29. The van der Waals surface area contributed by atoms with Crippen LogP contribution < -0.4 is 10.6 Å². The van der Waals surface area contributed by atoms with E-state index in [0.717, 1.165) is 24.5 Å². The van der Waals surface area contributed by atoms with Gasteiger partial charge < -0.3 is 10.6 Å². The van der Waals surface area contributed by atoms with Crippen molar-refractivity contribution in [1.29, 1.82) is 0 Å². The average Bonchev–Trinajstić information content (AvgIpc) is 2.62. The number of nitrogens with one attached hydrogen (secondary N) is 2.